The van der Waals surface area contributed by atoms with Crippen molar-refractivity contribution >= 4 is 39.4 Å². The molecule has 5 rings (SSSR count). The van der Waals surface area contributed by atoms with Gasteiger partial charge in [-0.05, 0) is 29.7 Å². The maximum Gasteiger partial charge on any atom is 0.294 e. The second-order valence-corrected chi connectivity index (χ2v) is 9.11. The van der Waals surface area contributed by atoms with Crippen molar-refractivity contribution in [1.29, 1.82) is 0 Å². The van der Waals surface area contributed by atoms with Gasteiger partial charge in [0.15, 0.2) is 4.80 Å². The molecule has 0 saturated carbocycles. The summed E-state index contributed by atoms with van der Waals surface area (Å²) in [5.74, 6) is 0.217. The van der Waals surface area contributed by atoms with E-state index in [1.807, 2.05) is 23.1 Å². The first kappa shape index (κ1) is 22.0. The van der Waals surface area contributed by atoms with Gasteiger partial charge in [-0.1, -0.05) is 54.6 Å². The molecule has 1 aliphatic heterocycles. The molecule has 2 heterocycles. The third-order valence-corrected chi connectivity index (χ3v) is 7.00. The average Bonchev–Trinajstić information content (AvgIpc) is 3.45. The SMILES string of the molecule is O=C1CCCN1CCCn1c(-c2cccc3ccccc23)csc1=Nc1ccccc1[N+](=O)[O-]. The molecule has 0 aliphatic carbocycles. The van der Waals surface area contributed by atoms with Gasteiger partial charge < -0.3 is 9.47 Å². The summed E-state index contributed by atoms with van der Waals surface area (Å²) in [6.07, 6.45) is 2.33. The third kappa shape index (κ3) is 4.36. The summed E-state index contributed by atoms with van der Waals surface area (Å²) < 4.78 is 2.13. The maximum atomic E-state index is 12.0. The molecule has 1 aliphatic rings. The molecule has 1 fully saturated rings. The fourth-order valence-electron chi connectivity index (χ4n) is 4.48. The molecular formula is C26H24N4O3S. The Morgan fingerprint density at radius 1 is 1.00 bits per heavy atom. The molecular weight excluding hydrogens is 448 g/mol. The van der Waals surface area contributed by atoms with Gasteiger partial charge in [0.1, 0.15) is 5.69 Å². The van der Waals surface area contributed by atoms with Crippen LogP contribution < -0.4 is 4.80 Å². The Morgan fingerprint density at radius 3 is 2.62 bits per heavy atom. The van der Waals surface area contributed by atoms with Crippen molar-refractivity contribution in [1.82, 2.24) is 9.47 Å². The zero-order valence-electron chi connectivity index (χ0n) is 18.6. The highest BCUT2D eigenvalue weighted by Crippen LogP contribution is 2.30. The molecule has 0 atom stereocenters. The number of carbonyl (C=O) groups excluding carboxylic acids is 1. The molecule has 34 heavy (non-hydrogen) atoms. The number of fused-ring (bicyclic) bond motifs is 1. The minimum absolute atomic E-state index is 0.0168. The van der Waals surface area contributed by atoms with Gasteiger partial charge in [0.25, 0.3) is 5.69 Å². The number of amides is 1. The van der Waals surface area contributed by atoms with Gasteiger partial charge in [-0.25, -0.2) is 4.99 Å². The summed E-state index contributed by atoms with van der Waals surface area (Å²) in [6.45, 7) is 2.17. The second-order valence-electron chi connectivity index (χ2n) is 8.28. The van der Waals surface area contributed by atoms with E-state index in [9.17, 15) is 14.9 Å². The monoisotopic (exact) mass is 472 g/mol. The lowest BCUT2D eigenvalue weighted by Crippen LogP contribution is -2.27. The van der Waals surface area contributed by atoms with Crippen molar-refractivity contribution in [3.05, 3.63) is 87.0 Å². The molecule has 0 bridgehead atoms. The molecule has 0 N–H and O–H groups in total. The van der Waals surface area contributed by atoms with Crippen LogP contribution in [0.25, 0.3) is 22.0 Å². The number of nitrogens with zero attached hydrogens (tertiary/aromatic N) is 4. The lowest BCUT2D eigenvalue weighted by molar-refractivity contribution is -0.384. The largest absolute Gasteiger partial charge is 0.343 e. The Bertz CT molecular complexity index is 1430. The van der Waals surface area contributed by atoms with Crippen molar-refractivity contribution in [3.63, 3.8) is 0 Å². The minimum Gasteiger partial charge on any atom is -0.343 e. The van der Waals surface area contributed by atoms with E-state index >= 15 is 0 Å². The number of thiazole rings is 1. The maximum absolute atomic E-state index is 12.0. The van der Waals surface area contributed by atoms with Crippen molar-refractivity contribution in [2.24, 2.45) is 4.99 Å². The predicted molar refractivity (Wildman–Crippen MR) is 134 cm³/mol. The molecule has 172 valence electrons. The molecule has 0 unspecified atom stereocenters. The quantitative estimate of drug-likeness (QED) is 0.262. The van der Waals surface area contributed by atoms with Gasteiger partial charge in [0.2, 0.25) is 5.91 Å². The highest BCUT2D eigenvalue weighted by Gasteiger charge is 2.20. The molecule has 3 aromatic carbocycles. The van der Waals surface area contributed by atoms with Crippen LogP contribution >= 0.6 is 11.3 Å². The van der Waals surface area contributed by atoms with Crippen LogP contribution in [0.15, 0.2) is 77.1 Å². The number of aromatic nitrogens is 1. The van der Waals surface area contributed by atoms with Gasteiger partial charge in [-0.2, -0.15) is 0 Å². The fraction of sp³-hybridized carbons (Fsp3) is 0.231. The number of hydrogen-bond acceptors (Lipinski definition) is 5. The molecule has 1 saturated heterocycles. The normalized spacial score (nSPS) is 14.3. The van der Waals surface area contributed by atoms with Crippen LogP contribution in [0.2, 0.25) is 0 Å². The summed E-state index contributed by atoms with van der Waals surface area (Å²) in [5, 5.41) is 15.9. The first-order chi connectivity index (χ1) is 16.6. The lowest BCUT2D eigenvalue weighted by Gasteiger charge is -2.16. The number of para-hydroxylation sites is 2. The summed E-state index contributed by atoms with van der Waals surface area (Å²) in [5.41, 5.74) is 2.43. The Labute approximate surface area is 200 Å². The van der Waals surface area contributed by atoms with E-state index in [0.29, 0.717) is 30.0 Å². The zero-order chi connectivity index (χ0) is 23.5. The molecule has 1 aromatic heterocycles. The van der Waals surface area contributed by atoms with Gasteiger partial charge in [-0.3, -0.25) is 14.9 Å². The van der Waals surface area contributed by atoms with E-state index in [-0.39, 0.29) is 11.6 Å². The van der Waals surface area contributed by atoms with Crippen LogP contribution in [0.3, 0.4) is 0 Å². The Kier molecular flexibility index (Phi) is 6.22. The molecule has 1 amide bonds. The second kappa shape index (κ2) is 9.61. The number of likely N-dealkylation sites (tertiary alicyclic amines) is 1. The van der Waals surface area contributed by atoms with Gasteiger partial charge >= 0.3 is 0 Å². The minimum atomic E-state index is -0.401. The van der Waals surface area contributed by atoms with Crippen LogP contribution in [-0.4, -0.2) is 33.4 Å². The van der Waals surface area contributed by atoms with E-state index < -0.39 is 4.92 Å². The third-order valence-electron chi connectivity index (χ3n) is 6.14. The summed E-state index contributed by atoms with van der Waals surface area (Å²) in [4.78, 5) is 30.5. The standard InChI is InChI=1S/C26H24N4O3S/c31-25-14-6-15-28(25)16-7-17-29-24(21-11-5-9-19-8-1-2-10-20(19)21)18-34-26(29)27-22-12-3-4-13-23(22)30(32)33/h1-5,8-13,18H,6-7,14-17H2. The van der Waals surface area contributed by atoms with Gasteiger partial charge in [0, 0.05) is 43.1 Å². The van der Waals surface area contributed by atoms with Crippen LogP contribution in [-0.2, 0) is 11.3 Å². The highest BCUT2D eigenvalue weighted by molar-refractivity contribution is 7.07. The number of carbonyl (C=O) groups is 1. The van der Waals surface area contributed by atoms with E-state index in [0.717, 1.165) is 41.4 Å². The van der Waals surface area contributed by atoms with Crippen LogP contribution in [0.5, 0.6) is 0 Å². The first-order valence-electron chi connectivity index (χ1n) is 11.3. The number of hydrogen-bond donors (Lipinski definition) is 0. The number of nitro groups is 1. The van der Waals surface area contributed by atoms with Crippen molar-refractivity contribution in [3.8, 4) is 11.3 Å². The molecule has 0 radical (unpaired) electrons. The topological polar surface area (TPSA) is 80.7 Å². The summed E-state index contributed by atoms with van der Waals surface area (Å²) >= 11 is 1.47. The summed E-state index contributed by atoms with van der Waals surface area (Å²) in [7, 11) is 0. The molecule has 7 nitrogen and oxygen atoms in total. The van der Waals surface area contributed by atoms with Crippen molar-refractivity contribution < 1.29 is 9.72 Å². The van der Waals surface area contributed by atoms with Crippen LogP contribution in [0.1, 0.15) is 19.3 Å². The van der Waals surface area contributed by atoms with E-state index in [1.165, 1.54) is 17.4 Å². The number of nitro benzene ring substituents is 1. The molecule has 0 spiro atoms. The van der Waals surface area contributed by atoms with Crippen LogP contribution in [0.4, 0.5) is 11.4 Å². The van der Waals surface area contributed by atoms with E-state index in [2.05, 4.69) is 34.2 Å². The Morgan fingerprint density at radius 2 is 1.79 bits per heavy atom. The number of benzene rings is 3. The van der Waals surface area contributed by atoms with E-state index in [1.54, 1.807) is 18.2 Å². The van der Waals surface area contributed by atoms with E-state index in [4.69, 9.17) is 4.99 Å². The molecule has 8 heteroatoms. The van der Waals surface area contributed by atoms with Crippen molar-refractivity contribution in [2.75, 3.05) is 13.1 Å². The zero-order valence-corrected chi connectivity index (χ0v) is 19.4. The van der Waals surface area contributed by atoms with Crippen LogP contribution in [0, 0.1) is 10.1 Å². The smallest absolute Gasteiger partial charge is 0.294 e. The van der Waals surface area contributed by atoms with Gasteiger partial charge in [-0.15, -0.1) is 11.3 Å². The predicted octanol–water partition coefficient (Wildman–Crippen LogP) is 5.52. The Hall–Kier alpha value is -3.78. The van der Waals surface area contributed by atoms with Crippen molar-refractivity contribution in [2.45, 2.75) is 25.8 Å². The highest BCUT2D eigenvalue weighted by atomic mass is 32.1. The molecule has 4 aromatic rings. The van der Waals surface area contributed by atoms with Gasteiger partial charge in [0.05, 0.1) is 10.6 Å². The average molecular weight is 473 g/mol. The Balaban J connectivity index is 1.59. The first-order valence-corrected chi connectivity index (χ1v) is 12.2. The fourth-order valence-corrected chi connectivity index (χ4v) is 5.41. The lowest BCUT2D eigenvalue weighted by atomic mass is 10.0. The summed E-state index contributed by atoms with van der Waals surface area (Å²) in [6, 6.07) is 21.0. The number of rotatable bonds is 7.